The molecule has 73 heavy (non-hydrogen) atoms. The number of ether oxygens (including phenoxy) is 3. The monoisotopic (exact) mass is 946 g/mol. The normalized spacial score (nSPS) is 14.7. The maximum absolute atomic E-state index is 5.74. The molecule has 0 radical (unpaired) electrons. The summed E-state index contributed by atoms with van der Waals surface area (Å²) < 4.78 is 17.2. The first kappa shape index (κ1) is 44.8. The minimum absolute atomic E-state index is 0.201. The second-order valence-corrected chi connectivity index (χ2v) is 22.1. The van der Waals surface area contributed by atoms with Crippen molar-refractivity contribution in [2.24, 2.45) is 0 Å². The highest BCUT2D eigenvalue weighted by Gasteiger charge is 2.39. The molecule has 0 aliphatic heterocycles. The highest BCUT2D eigenvalue weighted by molar-refractivity contribution is 5.93. The fourth-order valence-electron chi connectivity index (χ4n) is 12.7. The quantitative estimate of drug-likeness (QED) is 0.152. The van der Waals surface area contributed by atoms with Crippen LogP contribution in [0.2, 0.25) is 0 Å². The number of benzene rings is 10. The van der Waals surface area contributed by atoms with Gasteiger partial charge >= 0.3 is 0 Å². The standard InChI is InChI=1S/C70H58O3/c1-68(2)62-35-44(16-22-56(62)59-25-19-53(71-7)38-65(59)68)48-29-47(43-15-14-41-12-10-11-13-42(41)28-43)31-51(32-48)52-33-49(45-17-23-57-60-26-20-54(72-8)39-66(60)69(3,4)63(57)36-45)30-50(34-52)46-18-24-58-61-27-21-55(73-9)40-67(61)70(5,6)64(58)37-46/h10-40H,1-9H3. The molecule has 3 heteroatoms. The molecule has 3 nitrogen and oxygen atoms in total. The van der Waals surface area contributed by atoms with Crippen molar-refractivity contribution >= 4 is 10.8 Å². The van der Waals surface area contributed by atoms with E-state index in [-0.39, 0.29) is 16.2 Å². The zero-order valence-corrected chi connectivity index (χ0v) is 43.1. The van der Waals surface area contributed by atoms with E-state index in [1.807, 2.05) is 0 Å². The van der Waals surface area contributed by atoms with Crippen molar-refractivity contribution in [3.63, 3.8) is 0 Å². The second kappa shape index (κ2) is 16.2. The fraction of sp³-hybridized carbons (Fsp3) is 0.171. The molecule has 0 aromatic heterocycles. The molecule has 13 rings (SSSR count). The van der Waals surface area contributed by atoms with E-state index in [2.05, 4.69) is 230 Å². The number of hydrogen-bond donors (Lipinski definition) is 0. The van der Waals surface area contributed by atoms with Crippen molar-refractivity contribution in [3.8, 4) is 106 Å². The van der Waals surface area contributed by atoms with Crippen LogP contribution in [0, 0.1) is 0 Å². The zero-order chi connectivity index (χ0) is 50.1. The highest BCUT2D eigenvalue weighted by atomic mass is 16.5. The predicted octanol–water partition coefficient (Wildman–Crippen LogP) is 18.1. The summed E-state index contributed by atoms with van der Waals surface area (Å²) in [6, 6.07) is 70.9. The smallest absolute Gasteiger partial charge is 0.119 e. The third-order valence-corrected chi connectivity index (χ3v) is 16.9. The highest BCUT2D eigenvalue weighted by Crippen LogP contribution is 2.54. The molecule has 0 spiro atoms. The van der Waals surface area contributed by atoms with Crippen LogP contribution in [0.5, 0.6) is 17.2 Å². The van der Waals surface area contributed by atoms with E-state index < -0.39 is 0 Å². The van der Waals surface area contributed by atoms with Gasteiger partial charge in [-0.25, -0.2) is 0 Å². The van der Waals surface area contributed by atoms with Crippen LogP contribution in [-0.2, 0) is 16.2 Å². The second-order valence-electron chi connectivity index (χ2n) is 22.1. The molecule has 0 atom stereocenters. The van der Waals surface area contributed by atoms with Crippen LogP contribution in [0.4, 0.5) is 0 Å². The molecule has 3 aliphatic carbocycles. The summed E-state index contributed by atoms with van der Waals surface area (Å²) in [5, 5.41) is 2.46. The van der Waals surface area contributed by atoms with Gasteiger partial charge in [-0.1, -0.05) is 133 Å². The van der Waals surface area contributed by atoms with Crippen LogP contribution in [0.3, 0.4) is 0 Å². The lowest BCUT2D eigenvalue weighted by Gasteiger charge is -2.23. The first-order valence-corrected chi connectivity index (χ1v) is 25.5. The summed E-state index contributed by atoms with van der Waals surface area (Å²) in [6.45, 7) is 14.1. The Morgan fingerprint density at radius 2 is 0.493 bits per heavy atom. The van der Waals surface area contributed by atoms with Crippen LogP contribution in [0.15, 0.2) is 188 Å². The molecule has 356 valence electrons. The lowest BCUT2D eigenvalue weighted by molar-refractivity contribution is 0.413. The van der Waals surface area contributed by atoms with Gasteiger partial charge in [-0.15, -0.1) is 0 Å². The SMILES string of the molecule is COc1ccc2c(c1)C(C)(C)c1cc(-c3cc(-c4cc(-c5ccc6c(c5)C(C)(C)c5cc(OC)ccc5-6)cc(-c5ccc6ccccc6c5)c4)cc(-c4ccc5c(c4)C(C)(C)c4cc(OC)ccc4-5)c3)ccc1-2. The molecular formula is C70H58O3. The van der Waals surface area contributed by atoms with Gasteiger partial charge in [0.05, 0.1) is 21.3 Å². The van der Waals surface area contributed by atoms with Gasteiger partial charge in [0.1, 0.15) is 17.2 Å². The lowest BCUT2D eigenvalue weighted by Crippen LogP contribution is -2.15. The van der Waals surface area contributed by atoms with E-state index in [9.17, 15) is 0 Å². The molecule has 0 bridgehead atoms. The van der Waals surface area contributed by atoms with Crippen LogP contribution >= 0.6 is 0 Å². The number of rotatable bonds is 8. The van der Waals surface area contributed by atoms with Crippen LogP contribution in [-0.4, -0.2) is 21.3 Å². The molecule has 0 amide bonds. The van der Waals surface area contributed by atoms with Gasteiger partial charge in [0.15, 0.2) is 0 Å². The van der Waals surface area contributed by atoms with Gasteiger partial charge in [0.25, 0.3) is 0 Å². The summed E-state index contributed by atoms with van der Waals surface area (Å²) in [6.07, 6.45) is 0. The van der Waals surface area contributed by atoms with Gasteiger partial charge in [-0.2, -0.15) is 0 Å². The summed E-state index contributed by atoms with van der Waals surface area (Å²) >= 11 is 0. The molecule has 10 aromatic carbocycles. The average Bonchev–Trinajstić information content (AvgIpc) is 3.90. The summed E-state index contributed by atoms with van der Waals surface area (Å²) in [7, 11) is 5.25. The molecule has 0 fully saturated rings. The van der Waals surface area contributed by atoms with E-state index in [0.717, 1.165) is 22.8 Å². The number of hydrogen-bond acceptors (Lipinski definition) is 3. The molecule has 0 N–H and O–H groups in total. The topological polar surface area (TPSA) is 27.7 Å². The van der Waals surface area contributed by atoms with Gasteiger partial charge < -0.3 is 14.2 Å². The van der Waals surface area contributed by atoms with Crippen molar-refractivity contribution in [1.29, 1.82) is 0 Å². The Morgan fingerprint density at radius 1 is 0.233 bits per heavy atom. The van der Waals surface area contributed by atoms with E-state index in [0.29, 0.717) is 0 Å². The Labute approximate surface area is 429 Å². The zero-order valence-electron chi connectivity index (χ0n) is 43.1. The van der Waals surface area contributed by atoms with Crippen molar-refractivity contribution in [3.05, 3.63) is 221 Å². The Hall–Kier alpha value is -8.14. The Morgan fingerprint density at radius 3 is 0.822 bits per heavy atom. The summed E-state index contributed by atoms with van der Waals surface area (Å²) in [4.78, 5) is 0. The Balaban J connectivity index is 1.01. The van der Waals surface area contributed by atoms with E-state index in [1.54, 1.807) is 21.3 Å². The lowest BCUT2D eigenvalue weighted by atomic mass is 9.80. The minimum atomic E-state index is -0.208. The van der Waals surface area contributed by atoms with E-state index >= 15 is 0 Å². The molecule has 3 aliphatic rings. The third-order valence-electron chi connectivity index (χ3n) is 16.9. The fourth-order valence-corrected chi connectivity index (χ4v) is 12.7. The van der Waals surface area contributed by atoms with Crippen molar-refractivity contribution < 1.29 is 14.2 Å². The maximum Gasteiger partial charge on any atom is 0.119 e. The Kier molecular flexibility index (Phi) is 9.93. The van der Waals surface area contributed by atoms with Crippen molar-refractivity contribution in [2.45, 2.75) is 57.8 Å². The molecule has 0 saturated carbocycles. The van der Waals surface area contributed by atoms with Crippen molar-refractivity contribution in [1.82, 2.24) is 0 Å². The van der Waals surface area contributed by atoms with Gasteiger partial charge in [-0.05, 0) is 230 Å². The molecule has 10 aromatic rings. The van der Waals surface area contributed by atoms with Crippen LogP contribution in [0.1, 0.15) is 74.9 Å². The summed E-state index contributed by atoms with van der Waals surface area (Å²) in [5.41, 5.74) is 26.8. The van der Waals surface area contributed by atoms with Crippen LogP contribution < -0.4 is 14.2 Å². The first-order chi connectivity index (χ1) is 35.2. The predicted molar refractivity (Wildman–Crippen MR) is 303 cm³/mol. The Bertz CT molecular complexity index is 3820. The number of methoxy groups -OCH3 is 3. The van der Waals surface area contributed by atoms with Gasteiger partial charge in [0, 0.05) is 16.2 Å². The van der Waals surface area contributed by atoms with Gasteiger partial charge in [0.2, 0.25) is 0 Å². The van der Waals surface area contributed by atoms with Gasteiger partial charge in [-0.3, -0.25) is 0 Å². The van der Waals surface area contributed by atoms with E-state index in [4.69, 9.17) is 14.2 Å². The molecule has 0 unspecified atom stereocenters. The largest absolute Gasteiger partial charge is 0.497 e. The van der Waals surface area contributed by atoms with Crippen molar-refractivity contribution in [2.75, 3.05) is 21.3 Å². The first-order valence-electron chi connectivity index (χ1n) is 25.5. The molecular weight excluding hydrogens is 889 g/mol. The number of fused-ring (bicyclic) bond motifs is 10. The molecule has 0 saturated heterocycles. The summed E-state index contributed by atoms with van der Waals surface area (Å²) in [5.74, 6) is 2.66. The average molecular weight is 947 g/mol. The van der Waals surface area contributed by atoms with E-state index in [1.165, 1.54) is 128 Å². The van der Waals surface area contributed by atoms with Crippen LogP contribution in [0.25, 0.3) is 99.8 Å². The third kappa shape index (κ3) is 6.92. The minimum Gasteiger partial charge on any atom is -0.497 e. The molecule has 0 heterocycles. The maximum atomic E-state index is 5.74.